The molecule has 19 heavy (non-hydrogen) atoms. The number of hydrogen-bond acceptors (Lipinski definition) is 4. The molecule has 0 unspecified atom stereocenters. The maximum atomic E-state index is 11.5. The standard InChI is InChI=1S/C13H16N2O2S2/c1-2-10-7-8-18-12(10)9-15-11-5-3-4-6-13(11)19(14,16)17/h3-8,15H,2,9H2,1H3,(H2,14,16,17). The van der Waals surface area contributed by atoms with Gasteiger partial charge >= 0.3 is 0 Å². The van der Waals surface area contributed by atoms with Gasteiger partial charge in [-0.1, -0.05) is 19.1 Å². The van der Waals surface area contributed by atoms with Gasteiger partial charge in [0.25, 0.3) is 0 Å². The molecule has 0 bridgehead atoms. The summed E-state index contributed by atoms with van der Waals surface area (Å²) in [6.07, 6.45) is 0.970. The molecule has 102 valence electrons. The van der Waals surface area contributed by atoms with E-state index in [1.807, 2.05) is 5.38 Å². The number of para-hydroxylation sites is 1. The Morgan fingerprint density at radius 2 is 2.00 bits per heavy atom. The minimum Gasteiger partial charge on any atom is -0.379 e. The van der Waals surface area contributed by atoms with E-state index in [1.165, 1.54) is 16.5 Å². The lowest BCUT2D eigenvalue weighted by Gasteiger charge is -2.10. The van der Waals surface area contributed by atoms with Crippen LogP contribution in [-0.2, 0) is 23.0 Å². The molecule has 0 fully saturated rings. The number of aryl methyl sites for hydroxylation is 1. The Morgan fingerprint density at radius 1 is 1.26 bits per heavy atom. The van der Waals surface area contributed by atoms with E-state index in [-0.39, 0.29) is 4.90 Å². The highest BCUT2D eigenvalue weighted by Crippen LogP contribution is 2.23. The van der Waals surface area contributed by atoms with Gasteiger partial charge in [0.15, 0.2) is 0 Å². The first-order valence-electron chi connectivity index (χ1n) is 5.93. The minimum atomic E-state index is -3.70. The topological polar surface area (TPSA) is 72.2 Å². The third-order valence-corrected chi connectivity index (χ3v) is 4.78. The number of thiophene rings is 1. The average Bonchev–Trinajstić information content (AvgIpc) is 2.83. The lowest BCUT2D eigenvalue weighted by Crippen LogP contribution is -2.15. The highest BCUT2D eigenvalue weighted by Gasteiger charge is 2.13. The summed E-state index contributed by atoms with van der Waals surface area (Å²) in [5, 5.41) is 10.4. The van der Waals surface area contributed by atoms with E-state index >= 15 is 0 Å². The summed E-state index contributed by atoms with van der Waals surface area (Å²) in [5.74, 6) is 0. The van der Waals surface area contributed by atoms with Crippen molar-refractivity contribution in [3.05, 3.63) is 46.2 Å². The van der Waals surface area contributed by atoms with Gasteiger partial charge in [0.2, 0.25) is 10.0 Å². The largest absolute Gasteiger partial charge is 0.379 e. The molecule has 0 spiro atoms. The zero-order chi connectivity index (χ0) is 13.9. The first-order chi connectivity index (χ1) is 9.02. The summed E-state index contributed by atoms with van der Waals surface area (Å²) in [5.41, 5.74) is 1.83. The van der Waals surface area contributed by atoms with Gasteiger partial charge in [-0.05, 0) is 35.6 Å². The number of primary sulfonamides is 1. The van der Waals surface area contributed by atoms with E-state index in [0.29, 0.717) is 12.2 Å². The van der Waals surface area contributed by atoms with Crippen LogP contribution in [0.15, 0.2) is 40.6 Å². The molecule has 0 saturated heterocycles. The molecule has 1 heterocycles. The van der Waals surface area contributed by atoms with Crippen molar-refractivity contribution in [1.82, 2.24) is 0 Å². The third-order valence-electron chi connectivity index (χ3n) is 2.85. The van der Waals surface area contributed by atoms with Crippen molar-refractivity contribution in [3.63, 3.8) is 0 Å². The number of nitrogens with two attached hydrogens (primary N) is 1. The van der Waals surface area contributed by atoms with Crippen LogP contribution >= 0.6 is 11.3 Å². The fourth-order valence-corrected chi connectivity index (χ4v) is 3.50. The molecule has 0 radical (unpaired) electrons. The second-order valence-corrected chi connectivity index (χ2v) is 6.65. The monoisotopic (exact) mass is 296 g/mol. The van der Waals surface area contributed by atoms with Crippen molar-refractivity contribution in [2.45, 2.75) is 24.8 Å². The summed E-state index contributed by atoms with van der Waals surface area (Å²) in [6.45, 7) is 2.71. The Kier molecular flexibility index (Phi) is 4.24. The maximum absolute atomic E-state index is 11.5. The Hall–Kier alpha value is -1.37. The maximum Gasteiger partial charge on any atom is 0.240 e. The smallest absolute Gasteiger partial charge is 0.240 e. The molecule has 1 aromatic carbocycles. The van der Waals surface area contributed by atoms with Crippen LogP contribution in [0.3, 0.4) is 0 Å². The number of benzene rings is 1. The Morgan fingerprint density at radius 3 is 2.68 bits per heavy atom. The van der Waals surface area contributed by atoms with Crippen molar-refractivity contribution in [2.24, 2.45) is 5.14 Å². The number of rotatable bonds is 5. The lowest BCUT2D eigenvalue weighted by atomic mass is 10.2. The quantitative estimate of drug-likeness (QED) is 0.890. The highest BCUT2D eigenvalue weighted by atomic mass is 32.2. The molecule has 0 atom stereocenters. The Labute approximate surface area is 117 Å². The molecule has 1 aromatic heterocycles. The van der Waals surface area contributed by atoms with Crippen LogP contribution in [0.25, 0.3) is 0 Å². The van der Waals surface area contributed by atoms with Gasteiger partial charge < -0.3 is 5.32 Å². The van der Waals surface area contributed by atoms with Gasteiger partial charge in [-0.25, -0.2) is 13.6 Å². The Balaban J connectivity index is 2.21. The molecular formula is C13H16N2O2S2. The van der Waals surface area contributed by atoms with Gasteiger partial charge in [0.1, 0.15) is 4.90 Å². The van der Waals surface area contributed by atoms with E-state index in [9.17, 15) is 8.42 Å². The molecule has 0 saturated carbocycles. The molecule has 3 N–H and O–H groups in total. The second kappa shape index (κ2) is 5.73. The number of hydrogen-bond donors (Lipinski definition) is 2. The second-order valence-electron chi connectivity index (χ2n) is 4.12. The molecular weight excluding hydrogens is 280 g/mol. The van der Waals surface area contributed by atoms with Gasteiger partial charge in [-0.2, -0.15) is 0 Å². The number of sulfonamides is 1. The van der Waals surface area contributed by atoms with Gasteiger partial charge in [0.05, 0.1) is 5.69 Å². The molecule has 2 aromatic rings. The van der Waals surface area contributed by atoms with Gasteiger partial charge in [-0.3, -0.25) is 0 Å². The number of nitrogens with one attached hydrogen (secondary N) is 1. The van der Waals surface area contributed by atoms with Crippen LogP contribution in [0.2, 0.25) is 0 Å². The van der Waals surface area contributed by atoms with Crippen molar-refractivity contribution < 1.29 is 8.42 Å². The normalized spacial score (nSPS) is 11.5. The zero-order valence-electron chi connectivity index (χ0n) is 10.6. The van der Waals surface area contributed by atoms with E-state index < -0.39 is 10.0 Å². The molecule has 0 aliphatic heterocycles. The first-order valence-corrected chi connectivity index (χ1v) is 8.36. The fourth-order valence-electron chi connectivity index (χ4n) is 1.87. The third kappa shape index (κ3) is 3.34. The zero-order valence-corrected chi connectivity index (χ0v) is 12.2. The Bertz CT molecular complexity index is 663. The molecule has 2 rings (SSSR count). The van der Waals surface area contributed by atoms with E-state index in [4.69, 9.17) is 5.14 Å². The lowest BCUT2D eigenvalue weighted by molar-refractivity contribution is 0.598. The fraction of sp³-hybridized carbons (Fsp3) is 0.231. The van der Waals surface area contributed by atoms with Crippen LogP contribution in [-0.4, -0.2) is 8.42 Å². The highest BCUT2D eigenvalue weighted by molar-refractivity contribution is 7.89. The average molecular weight is 296 g/mol. The van der Waals surface area contributed by atoms with Crippen molar-refractivity contribution in [2.75, 3.05) is 5.32 Å². The van der Waals surface area contributed by atoms with Crippen LogP contribution in [0, 0.1) is 0 Å². The van der Waals surface area contributed by atoms with Crippen molar-refractivity contribution in [3.8, 4) is 0 Å². The number of anilines is 1. The van der Waals surface area contributed by atoms with Crippen LogP contribution in [0.4, 0.5) is 5.69 Å². The van der Waals surface area contributed by atoms with Gasteiger partial charge in [0, 0.05) is 11.4 Å². The van der Waals surface area contributed by atoms with Crippen molar-refractivity contribution in [1.29, 1.82) is 0 Å². The summed E-state index contributed by atoms with van der Waals surface area (Å²) >= 11 is 1.66. The molecule has 0 aliphatic rings. The molecule has 6 heteroatoms. The molecule has 0 amide bonds. The first kappa shape index (κ1) is 14.0. The minimum absolute atomic E-state index is 0.129. The van der Waals surface area contributed by atoms with Crippen LogP contribution in [0.5, 0.6) is 0 Å². The van der Waals surface area contributed by atoms with Crippen LogP contribution < -0.4 is 10.5 Å². The van der Waals surface area contributed by atoms with Crippen LogP contribution in [0.1, 0.15) is 17.4 Å². The predicted molar refractivity (Wildman–Crippen MR) is 78.8 cm³/mol. The van der Waals surface area contributed by atoms with Gasteiger partial charge in [-0.15, -0.1) is 11.3 Å². The molecule has 0 aliphatic carbocycles. The summed E-state index contributed by atoms with van der Waals surface area (Å²) < 4.78 is 23.0. The summed E-state index contributed by atoms with van der Waals surface area (Å²) in [6, 6.07) is 8.76. The molecule has 4 nitrogen and oxygen atoms in total. The summed E-state index contributed by atoms with van der Waals surface area (Å²) in [7, 11) is -3.70. The van der Waals surface area contributed by atoms with Crippen molar-refractivity contribution >= 4 is 27.0 Å². The predicted octanol–water partition coefficient (Wildman–Crippen LogP) is 2.57. The van der Waals surface area contributed by atoms with E-state index in [0.717, 1.165) is 6.42 Å². The summed E-state index contributed by atoms with van der Waals surface area (Å²) in [4.78, 5) is 1.34. The van der Waals surface area contributed by atoms with E-state index in [1.54, 1.807) is 29.5 Å². The van der Waals surface area contributed by atoms with E-state index in [2.05, 4.69) is 18.3 Å². The SMILES string of the molecule is CCc1ccsc1CNc1ccccc1S(N)(=O)=O.